The van der Waals surface area contributed by atoms with Crippen LogP contribution in [0.15, 0.2) is 0 Å². The van der Waals surface area contributed by atoms with E-state index in [1.165, 1.54) is 109 Å². The molecule has 0 aromatic rings. The fourth-order valence-electron chi connectivity index (χ4n) is 5.48. The van der Waals surface area contributed by atoms with Crippen LogP contribution in [0, 0.1) is 0 Å². The zero-order valence-corrected chi connectivity index (χ0v) is 31.9. The molecule has 0 amide bonds. The summed E-state index contributed by atoms with van der Waals surface area (Å²) in [5, 5.41) is 9.58. The van der Waals surface area contributed by atoms with E-state index in [-0.39, 0.29) is 32.2 Å². The first-order valence-corrected chi connectivity index (χ1v) is 19.7. The molecule has 0 spiro atoms. The molecule has 1 N–H and O–H groups in total. The Morgan fingerprint density at radius 3 is 1.33 bits per heavy atom. The van der Waals surface area contributed by atoms with Crippen molar-refractivity contribution in [3.8, 4) is 0 Å². The lowest BCUT2D eigenvalue weighted by molar-refractivity contribution is -0.870. The van der Waals surface area contributed by atoms with Gasteiger partial charge in [0.25, 0.3) is 6.29 Å². The molecule has 0 aliphatic carbocycles. The Kier molecular flexibility index (Phi) is 31.3. The molecule has 0 bridgehead atoms. The number of carbonyl (C=O) groups excluding carboxylic acids is 2. The number of quaternary nitrogens is 1. The van der Waals surface area contributed by atoms with Crippen molar-refractivity contribution in [1.82, 2.24) is 0 Å². The Labute approximate surface area is 294 Å². The van der Waals surface area contributed by atoms with Crippen molar-refractivity contribution in [2.75, 3.05) is 47.5 Å². The maximum atomic E-state index is 12.7. The number of unbranched alkanes of at least 4 members (excludes halogenated alkanes) is 21. The van der Waals surface area contributed by atoms with Gasteiger partial charge in [-0.2, -0.15) is 0 Å². The first kappa shape index (κ1) is 46.3. The van der Waals surface area contributed by atoms with Gasteiger partial charge in [0.2, 0.25) is 0 Å². The van der Waals surface area contributed by atoms with Crippen LogP contribution in [0.4, 0.5) is 0 Å². The van der Waals surface area contributed by atoms with Crippen molar-refractivity contribution in [1.29, 1.82) is 0 Å². The lowest BCUT2D eigenvalue weighted by Crippen LogP contribution is -2.40. The fourth-order valence-corrected chi connectivity index (χ4v) is 5.48. The van der Waals surface area contributed by atoms with Crippen LogP contribution in [0.5, 0.6) is 0 Å². The van der Waals surface area contributed by atoms with E-state index in [4.69, 9.17) is 18.9 Å². The number of carboxylic acids is 1. The number of carboxylic acid groups (broad SMARTS) is 1. The number of esters is 2. The molecular weight excluding hydrogens is 610 g/mol. The number of ether oxygens (including phenoxy) is 4. The fraction of sp³-hybridized carbons (Fsp3) is 0.923. The van der Waals surface area contributed by atoms with Gasteiger partial charge in [0, 0.05) is 12.8 Å². The van der Waals surface area contributed by atoms with E-state index in [0.717, 1.165) is 38.5 Å². The third kappa shape index (κ3) is 32.8. The van der Waals surface area contributed by atoms with E-state index < -0.39 is 24.3 Å². The van der Waals surface area contributed by atoms with Gasteiger partial charge >= 0.3 is 17.9 Å². The molecule has 0 fully saturated rings. The number of hydrogen-bond donors (Lipinski definition) is 1. The minimum absolute atomic E-state index is 0.174. The molecule has 9 nitrogen and oxygen atoms in total. The van der Waals surface area contributed by atoms with Crippen LogP contribution >= 0.6 is 0 Å². The summed E-state index contributed by atoms with van der Waals surface area (Å²) in [5.41, 5.74) is 0. The molecule has 0 radical (unpaired) electrons. The number of hydrogen-bond acceptors (Lipinski definition) is 7. The van der Waals surface area contributed by atoms with Crippen LogP contribution in [0.1, 0.15) is 174 Å². The van der Waals surface area contributed by atoms with Gasteiger partial charge in [-0.3, -0.25) is 9.59 Å². The average Bonchev–Trinajstić information content (AvgIpc) is 3.03. The van der Waals surface area contributed by atoms with E-state index in [9.17, 15) is 19.5 Å². The van der Waals surface area contributed by atoms with Gasteiger partial charge in [-0.25, -0.2) is 4.79 Å². The molecule has 2 atom stereocenters. The van der Waals surface area contributed by atoms with E-state index in [0.29, 0.717) is 17.4 Å². The summed E-state index contributed by atoms with van der Waals surface area (Å²) in [5.74, 6) is -2.00. The number of nitrogens with zero attached hydrogens (tertiary/aromatic N) is 1. The summed E-state index contributed by atoms with van der Waals surface area (Å²) >= 11 is 0. The molecular formula is C39H76NO8+. The Hall–Kier alpha value is -1.71. The maximum absolute atomic E-state index is 12.7. The Morgan fingerprint density at radius 2 is 0.938 bits per heavy atom. The van der Waals surface area contributed by atoms with Crippen molar-refractivity contribution in [2.24, 2.45) is 0 Å². The quantitative estimate of drug-likeness (QED) is 0.0301. The number of likely N-dealkylation sites (N-methyl/N-ethyl adjacent to an activating group) is 1. The van der Waals surface area contributed by atoms with Gasteiger partial charge in [-0.1, -0.05) is 149 Å². The highest BCUT2D eigenvalue weighted by molar-refractivity contribution is 5.71. The molecule has 0 saturated carbocycles. The molecule has 0 aliphatic rings. The van der Waals surface area contributed by atoms with Crippen molar-refractivity contribution >= 4 is 17.9 Å². The van der Waals surface area contributed by atoms with Gasteiger partial charge in [0.05, 0.1) is 34.4 Å². The molecule has 2 unspecified atom stereocenters. The standard InChI is InChI=1S/C39H75NO8/c1-6-8-10-12-14-16-18-19-20-22-24-26-28-30-37(42)48-35(34-47-39(38(43)44)45-32-31-40(3,4)5)33-46-36(41)29-27-25-23-21-17-15-13-11-9-7-2/h35,39H,6-34H2,1-5H3/p+1. The Bertz CT molecular complexity index is 770. The molecule has 284 valence electrons. The Morgan fingerprint density at radius 1 is 0.542 bits per heavy atom. The van der Waals surface area contributed by atoms with Crippen molar-refractivity contribution in [2.45, 2.75) is 187 Å². The lowest BCUT2D eigenvalue weighted by Gasteiger charge is -2.25. The molecule has 0 heterocycles. The minimum Gasteiger partial charge on any atom is -0.477 e. The van der Waals surface area contributed by atoms with Crippen LogP contribution in [0.3, 0.4) is 0 Å². The molecule has 0 rings (SSSR count). The van der Waals surface area contributed by atoms with Gasteiger partial charge in [-0.15, -0.1) is 0 Å². The smallest absolute Gasteiger partial charge is 0.361 e. The summed E-state index contributed by atoms with van der Waals surface area (Å²) in [6.07, 6.45) is 25.8. The first-order valence-electron chi connectivity index (χ1n) is 19.7. The highest BCUT2D eigenvalue weighted by Gasteiger charge is 2.25. The zero-order valence-electron chi connectivity index (χ0n) is 31.9. The molecule has 0 saturated heterocycles. The maximum Gasteiger partial charge on any atom is 0.361 e. The Balaban J connectivity index is 4.50. The predicted molar refractivity (Wildman–Crippen MR) is 194 cm³/mol. The SMILES string of the molecule is CCCCCCCCCCCCCCCC(=O)OC(COC(=O)CCCCCCCCCCCC)COC(OCC[N+](C)(C)C)C(=O)O. The van der Waals surface area contributed by atoms with Crippen LogP contribution in [-0.2, 0) is 33.3 Å². The molecule has 0 aromatic heterocycles. The number of rotatable bonds is 36. The molecule has 9 heteroatoms. The normalized spacial score (nSPS) is 12.9. The summed E-state index contributed by atoms with van der Waals surface area (Å²) < 4.78 is 22.6. The van der Waals surface area contributed by atoms with Gasteiger partial charge in [-0.05, 0) is 12.8 Å². The van der Waals surface area contributed by atoms with Crippen LogP contribution in [-0.4, -0.2) is 87.4 Å². The third-order valence-corrected chi connectivity index (χ3v) is 8.61. The summed E-state index contributed by atoms with van der Waals surface area (Å²) in [6, 6.07) is 0. The zero-order chi connectivity index (χ0) is 35.7. The largest absolute Gasteiger partial charge is 0.477 e. The van der Waals surface area contributed by atoms with E-state index >= 15 is 0 Å². The summed E-state index contributed by atoms with van der Waals surface area (Å²) in [6.45, 7) is 4.86. The first-order chi connectivity index (χ1) is 23.1. The topological polar surface area (TPSA) is 108 Å². The van der Waals surface area contributed by atoms with Crippen molar-refractivity contribution in [3.05, 3.63) is 0 Å². The highest BCUT2D eigenvalue weighted by atomic mass is 16.7. The third-order valence-electron chi connectivity index (χ3n) is 8.61. The van der Waals surface area contributed by atoms with E-state index in [2.05, 4.69) is 13.8 Å². The van der Waals surface area contributed by atoms with Gasteiger partial charge in [0.1, 0.15) is 13.2 Å². The van der Waals surface area contributed by atoms with Crippen LogP contribution in [0.2, 0.25) is 0 Å². The molecule has 48 heavy (non-hydrogen) atoms. The predicted octanol–water partition coefficient (Wildman–Crippen LogP) is 9.38. The van der Waals surface area contributed by atoms with Crippen molar-refractivity contribution in [3.63, 3.8) is 0 Å². The van der Waals surface area contributed by atoms with Crippen LogP contribution < -0.4 is 0 Å². The summed E-state index contributed by atoms with van der Waals surface area (Å²) in [4.78, 5) is 36.8. The second-order valence-electron chi connectivity index (χ2n) is 14.6. The molecule has 0 aliphatic heterocycles. The van der Waals surface area contributed by atoms with E-state index in [1.54, 1.807) is 0 Å². The van der Waals surface area contributed by atoms with Gasteiger partial charge in [0.15, 0.2) is 6.10 Å². The minimum atomic E-state index is -1.50. The second-order valence-corrected chi connectivity index (χ2v) is 14.6. The number of carbonyl (C=O) groups is 3. The lowest BCUT2D eigenvalue weighted by atomic mass is 10.0. The second kappa shape index (κ2) is 32.5. The van der Waals surface area contributed by atoms with Crippen LogP contribution in [0.25, 0.3) is 0 Å². The van der Waals surface area contributed by atoms with Crippen molar-refractivity contribution < 1.29 is 42.9 Å². The molecule has 0 aromatic carbocycles. The van der Waals surface area contributed by atoms with Gasteiger partial charge < -0.3 is 28.5 Å². The monoisotopic (exact) mass is 687 g/mol. The number of aliphatic carboxylic acids is 1. The highest BCUT2D eigenvalue weighted by Crippen LogP contribution is 2.15. The average molecular weight is 687 g/mol. The summed E-state index contributed by atoms with van der Waals surface area (Å²) in [7, 11) is 5.95. The van der Waals surface area contributed by atoms with E-state index in [1.807, 2.05) is 21.1 Å².